The summed E-state index contributed by atoms with van der Waals surface area (Å²) in [6, 6.07) is 8.69. The summed E-state index contributed by atoms with van der Waals surface area (Å²) >= 11 is 0.503. The van der Waals surface area contributed by atoms with E-state index in [0.717, 1.165) is 31.4 Å². The summed E-state index contributed by atoms with van der Waals surface area (Å²) in [6.07, 6.45) is 4.80. The van der Waals surface area contributed by atoms with E-state index in [1.165, 1.54) is 24.4 Å². The van der Waals surface area contributed by atoms with E-state index in [4.69, 9.17) is 4.74 Å². The Morgan fingerprint density at radius 3 is 2.48 bits per heavy atom. The number of rotatable bonds is 8. The van der Waals surface area contributed by atoms with E-state index in [0.29, 0.717) is 48.9 Å². The number of carbonyl (C=O) groups excluding carboxylic acids is 2. The normalized spacial score (nSPS) is 16.1. The molecule has 12 nitrogen and oxygen atoms in total. The highest BCUT2D eigenvalue weighted by atomic mass is 32.2. The predicted molar refractivity (Wildman–Crippen MR) is 147 cm³/mol. The van der Waals surface area contributed by atoms with Crippen LogP contribution < -0.4 is 15.5 Å². The number of hydrogen-bond donors (Lipinski definition) is 3. The van der Waals surface area contributed by atoms with E-state index in [2.05, 4.69) is 25.5 Å². The lowest BCUT2D eigenvalue weighted by Crippen LogP contribution is -2.36. The Balaban J connectivity index is 1.40. The fraction of sp³-hybridized carbons (Fsp3) is 0.346. The largest absolute Gasteiger partial charge is 0.476 e. The molecule has 0 spiro atoms. The zero-order valence-electron chi connectivity index (χ0n) is 21.3. The van der Waals surface area contributed by atoms with Gasteiger partial charge in [0.15, 0.2) is 25.8 Å². The molecule has 1 saturated carbocycles. The number of benzene rings is 1. The molecule has 3 N–H and O–H groups in total. The van der Waals surface area contributed by atoms with Gasteiger partial charge >= 0.3 is 12.0 Å². The highest BCUT2D eigenvalue weighted by Gasteiger charge is 2.31. The van der Waals surface area contributed by atoms with Gasteiger partial charge in [0.2, 0.25) is 9.84 Å². The molecular weight excluding hydrogens is 558 g/mol. The number of carboxylic acids is 1. The van der Waals surface area contributed by atoms with Crippen LogP contribution in [0.25, 0.3) is 0 Å². The number of hydrogen-bond acceptors (Lipinski definition) is 10. The van der Waals surface area contributed by atoms with Gasteiger partial charge in [-0.25, -0.2) is 28.0 Å². The van der Waals surface area contributed by atoms with Gasteiger partial charge in [-0.3, -0.25) is 10.1 Å². The van der Waals surface area contributed by atoms with Crippen molar-refractivity contribution in [3.8, 4) is 0 Å². The molecule has 0 radical (unpaired) electrons. The fourth-order valence-corrected chi connectivity index (χ4v) is 7.45. The molecule has 1 aromatic carbocycles. The van der Waals surface area contributed by atoms with Gasteiger partial charge in [-0.1, -0.05) is 30.2 Å². The monoisotopic (exact) mass is 585 g/mol. The molecule has 3 aromatic rings. The molecule has 0 unspecified atom stereocenters. The first kappa shape index (κ1) is 27.7. The van der Waals surface area contributed by atoms with Crippen LogP contribution in [0.2, 0.25) is 0 Å². The minimum atomic E-state index is -4.30. The second kappa shape index (κ2) is 11.7. The molecule has 1 saturated heterocycles. The molecule has 14 heteroatoms. The number of carboxylic acid groups (broad SMARTS) is 1. The first-order valence-corrected chi connectivity index (χ1v) is 15.0. The number of nitrogens with zero attached hydrogens (tertiary/aromatic N) is 3. The lowest BCUT2D eigenvalue weighted by molar-refractivity contribution is 0.0687. The Bertz CT molecular complexity index is 1530. The van der Waals surface area contributed by atoms with E-state index < -0.39 is 31.7 Å². The second-order valence-corrected chi connectivity index (χ2v) is 12.5. The Labute approximate surface area is 234 Å². The molecule has 40 heavy (non-hydrogen) atoms. The lowest BCUT2D eigenvalue weighted by atomic mass is 9.94. The zero-order chi connectivity index (χ0) is 28.3. The summed E-state index contributed by atoms with van der Waals surface area (Å²) < 4.78 is 30.9. The summed E-state index contributed by atoms with van der Waals surface area (Å²) in [5, 5.41) is 14.1. The zero-order valence-corrected chi connectivity index (χ0v) is 23.0. The van der Waals surface area contributed by atoms with Crippen LogP contribution in [0.15, 0.2) is 51.8 Å². The molecular formula is C26H27N5O7S2. The summed E-state index contributed by atoms with van der Waals surface area (Å²) in [6.45, 7) is 2.53. The fourth-order valence-electron chi connectivity index (χ4n) is 4.80. The smallest absolute Gasteiger partial charge is 0.356 e. The van der Waals surface area contributed by atoms with Crippen LogP contribution >= 0.6 is 11.3 Å². The van der Waals surface area contributed by atoms with Crippen molar-refractivity contribution in [2.75, 3.05) is 41.8 Å². The molecule has 0 atom stereocenters. The van der Waals surface area contributed by atoms with E-state index >= 15 is 0 Å². The van der Waals surface area contributed by atoms with Crippen LogP contribution in [0.5, 0.6) is 0 Å². The highest BCUT2D eigenvalue weighted by Crippen LogP contribution is 2.34. The number of carbonyl (C=O) groups is 3. The van der Waals surface area contributed by atoms with Gasteiger partial charge in [-0.15, -0.1) is 0 Å². The summed E-state index contributed by atoms with van der Waals surface area (Å²) in [7, 11) is -4.30. The highest BCUT2D eigenvalue weighted by molar-refractivity contribution is 7.93. The third-order valence-electron chi connectivity index (χ3n) is 6.80. The van der Waals surface area contributed by atoms with Crippen LogP contribution in [0.4, 0.5) is 21.3 Å². The maximum absolute atomic E-state index is 13.4. The van der Waals surface area contributed by atoms with Crippen LogP contribution in [0.1, 0.15) is 46.5 Å². The van der Waals surface area contributed by atoms with Crippen molar-refractivity contribution < 1.29 is 32.6 Å². The molecule has 2 amide bonds. The second-order valence-electron chi connectivity index (χ2n) is 9.39. The number of nitrogens with one attached hydrogen (secondary N) is 2. The van der Waals surface area contributed by atoms with E-state index in [9.17, 15) is 27.9 Å². The van der Waals surface area contributed by atoms with Gasteiger partial charge in [0.25, 0.3) is 0 Å². The van der Waals surface area contributed by atoms with Crippen molar-refractivity contribution in [3.05, 3.63) is 53.9 Å². The Hall–Kier alpha value is -3.88. The first-order chi connectivity index (χ1) is 19.2. The maximum atomic E-state index is 13.4. The number of sulfone groups is 1. The van der Waals surface area contributed by atoms with Crippen LogP contribution in [-0.4, -0.2) is 67.6 Å². The molecule has 1 aliphatic heterocycles. The lowest BCUT2D eigenvalue weighted by Gasteiger charge is -2.29. The van der Waals surface area contributed by atoms with E-state index in [-0.39, 0.29) is 21.9 Å². The maximum Gasteiger partial charge on any atom is 0.356 e. The molecule has 2 aromatic heterocycles. The summed E-state index contributed by atoms with van der Waals surface area (Å²) in [4.78, 5) is 48.0. The third-order valence-corrected chi connectivity index (χ3v) is 9.94. The number of urea groups is 1. The number of aromatic carboxylic acids is 1. The van der Waals surface area contributed by atoms with Crippen LogP contribution in [0, 0.1) is 5.92 Å². The van der Waals surface area contributed by atoms with Crippen molar-refractivity contribution in [3.63, 3.8) is 0 Å². The molecule has 2 aliphatic rings. The van der Waals surface area contributed by atoms with E-state index in [1.54, 1.807) is 12.1 Å². The summed E-state index contributed by atoms with van der Waals surface area (Å²) in [5.41, 5.74) is 0.807. The first-order valence-electron chi connectivity index (χ1n) is 12.7. The van der Waals surface area contributed by atoms with Gasteiger partial charge in [-0.2, -0.15) is 0 Å². The standard InChI is InChI=1S/C26H27N5O7S2/c32-22(16-5-1-2-6-16)18-15-17(31-11-13-38-14-12-31)8-9-19(18)28-25(35)30-26-29-21(23(33)34)24(39-26)40(36,37)20-7-3-4-10-27-20/h3-4,7-10,15-16H,1-2,5-6,11-14H2,(H,33,34)(H2,28,29,30,35). The predicted octanol–water partition coefficient (Wildman–Crippen LogP) is 3.92. The van der Waals surface area contributed by atoms with Crippen molar-refractivity contribution >= 4 is 55.5 Å². The number of aromatic nitrogens is 2. The number of ether oxygens (including phenoxy) is 1. The average Bonchev–Trinajstić information content (AvgIpc) is 3.65. The topological polar surface area (TPSA) is 168 Å². The molecule has 2 fully saturated rings. The molecule has 1 aliphatic carbocycles. The van der Waals surface area contributed by atoms with Gasteiger partial charge in [0.1, 0.15) is 0 Å². The number of thiazole rings is 1. The van der Waals surface area contributed by atoms with Crippen molar-refractivity contribution in [1.29, 1.82) is 0 Å². The van der Waals surface area contributed by atoms with Gasteiger partial charge in [0, 0.05) is 36.5 Å². The number of Topliss-reactive ketones (excluding diaryl/α,β-unsaturated/α-hetero) is 1. The van der Waals surface area contributed by atoms with Gasteiger partial charge in [0.05, 0.1) is 18.9 Å². The Morgan fingerprint density at radius 1 is 1.05 bits per heavy atom. The van der Waals surface area contributed by atoms with E-state index in [1.807, 2.05) is 6.07 Å². The van der Waals surface area contributed by atoms with Crippen molar-refractivity contribution in [2.45, 2.75) is 34.9 Å². The minimum Gasteiger partial charge on any atom is -0.476 e. The molecule has 3 heterocycles. The van der Waals surface area contributed by atoms with Crippen molar-refractivity contribution in [2.24, 2.45) is 5.92 Å². The molecule has 0 bridgehead atoms. The van der Waals surface area contributed by atoms with Crippen LogP contribution in [-0.2, 0) is 14.6 Å². The Morgan fingerprint density at radius 2 is 1.80 bits per heavy atom. The number of anilines is 3. The Kier molecular flexibility index (Phi) is 8.09. The number of pyridine rings is 1. The van der Waals surface area contributed by atoms with Gasteiger partial charge < -0.3 is 20.1 Å². The number of morpholine rings is 1. The number of amides is 2. The minimum absolute atomic E-state index is 0.0472. The quantitative estimate of drug-likeness (QED) is 0.330. The van der Waals surface area contributed by atoms with Gasteiger partial charge in [-0.05, 0) is 43.2 Å². The van der Waals surface area contributed by atoms with Crippen molar-refractivity contribution in [1.82, 2.24) is 9.97 Å². The average molecular weight is 586 g/mol. The number of ketones is 1. The molecule has 5 rings (SSSR count). The SMILES string of the molecule is O=C(Nc1nc(C(=O)O)c(S(=O)(=O)c2ccccn2)s1)Nc1ccc(N2CCOCC2)cc1C(=O)C1CCCC1. The third kappa shape index (κ3) is 5.83. The summed E-state index contributed by atoms with van der Waals surface area (Å²) in [5.74, 6) is -1.74. The molecule has 210 valence electrons. The van der Waals surface area contributed by atoms with Crippen LogP contribution in [0.3, 0.4) is 0 Å².